The van der Waals surface area contributed by atoms with Crippen LogP contribution in [0.1, 0.15) is 39.7 Å². The third-order valence-corrected chi connectivity index (χ3v) is 3.75. The molecule has 0 radical (unpaired) electrons. The number of halogens is 1. The number of anilines is 1. The standard InChI is InChI=1S/C19H32N4O3.HI/c1-14(23(5)18(24)26-19(2,3)4)11-12-21-17(20)22-16-10-8-7-9-15(16)13-25-6;/h7-10,14H,11-13H2,1-6H3,(H3,20,21,22);1H. The first-order valence-corrected chi connectivity index (χ1v) is 8.73. The number of carbonyl (C=O) groups excluding carboxylic acids is 1. The maximum absolute atomic E-state index is 12.1. The molecule has 0 spiro atoms. The zero-order chi connectivity index (χ0) is 19.7. The first-order valence-electron chi connectivity index (χ1n) is 8.73. The average Bonchev–Trinajstić information content (AvgIpc) is 2.54. The summed E-state index contributed by atoms with van der Waals surface area (Å²) in [6.45, 7) is 8.50. The van der Waals surface area contributed by atoms with Crippen LogP contribution < -0.4 is 11.1 Å². The molecule has 0 aliphatic heterocycles. The molecule has 1 unspecified atom stereocenters. The summed E-state index contributed by atoms with van der Waals surface area (Å²) >= 11 is 0. The van der Waals surface area contributed by atoms with Crippen molar-refractivity contribution in [2.24, 2.45) is 10.7 Å². The second-order valence-corrected chi connectivity index (χ2v) is 7.21. The molecule has 0 aliphatic carbocycles. The number of nitrogens with zero attached hydrogens (tertiary/aromatic N) is 2. The highest BCUT2D eigenvalue weighted by atomic mass is 127. The van der Waals surface area contributed by atoms with Crippen molar-refractivity contribution in [3.63, 3.8) is 0 Å². The number of hydrogen-bond donors (Lipinski definition) is 2. The van der Waals surface area contributed by atoms with Gasteiger partial charge in [0.15, 0.2) is 5.96 Å². The van der Waals surface area contributed by atoms with Crippen molar-refractivity contribution in [3.05, 3.63) is 29.8 Å². The Morgan fingerprint density at radius 1 is 1.33 bits per heavy atom. The van der Waals surface area contributed by atoms with Gasteiger partial charge in [-0.25, -0.2) is 4.79 Å². The summed E-state index contributed by atoms with van der Waals surface area (Å²) in [6.07, 6.45) is 0.339. The lowest BCUT2D eigenvalue weighted by Gasteiger charge is -2.28. The van der Waals surface area contributed by atoms with Gasteiger partial charge in [0.2, 0.25) is 0 Å². The number of benzene rings is 1. The lowest BCUT2D eigenvalue weighted by Crippen LogP contribution is -2.39. The largest absolute Gasteiger partial charge is 0.444 e. The van der Waals surface area contributed by atoms with E-state index < -0.39 is 5.60 Å². The average molecular weight is 492 g/mol. The van der Waals surface area contributed by atoms with E-state index in [4.69, 9.17) is 15.2 Å². The highest BCUT2D eigenvalue weighted by molar-refractivity contribution is 14.0. The van der Waals surface area contributed by atoms with Crippen LogP contribution in [0.4, 0.5) is 10.5 Å². The Bertz CT molecular complexity index is 617. The number of nitrogens with one attached hydrogen (secondary N) is 1. The molecule has 0 heterocycles. The van der Waals surface area contributed by atoms with E-state index >= 15 is 0 Å². The van der Waals surface area contributed by atoms with Crippen molar-refractivity contribution in [1.82, 2.24) is 4.90 Å². The fraction of sp³-hybridized carbons (Fsp3) is 0.579. The number of amides is 1. The Labute approximate surface area is 179 Å². The van der Waals surface area contributed by atoms with E-state index in [-0.39, 0.29) is 36.1 Å². The lowest BCUT2D eigenvalue weighted by atomic mass is 10.2. The van der Waals surface area contributed by atoms with Gasteiger partial charge in [-0.3, -0.25) is 4.99 Å². The Kier molecular flexibility index (Phi) is 11.3. The van der Waals surface area contributed by atoms with Crippen molar-refractivity contribution >= 4 is 41.7 Å². The number of hydrogen-bond acceptors (Lipinski definition) is 4. The number of methoxy groups -OCH3 is 1. The maximum atomic E-state index is 12.1. The van der Waals surface area contributed by atoms with Gasteiger partial charge in [-0.05, 0) is 40.2 Å². The van der Waals surface area contributed by atoms with Crippen molar-refractivity contribution < 1.29 is 14.3 Å². The van der Waals surface area contributed by atoms with Gasteiger partial charge in [-0.15, -0.1) is 24.0 Å². The highest BCUT2D eigenvalue weighted by Crippen LogP contribution is 2.15. The summed E-state index contributed by atoms with van der Waals surface area (Å²) in [7, 11) is 3.38. The normalized spacial score (nSPS) is 12.7. The molecule has 27 heavy (non-hydrogen) atoms. The zero-order valence-electron chi connectivity index (χ0n) is 17.1. The number of para-hydroxylation sites is 1. The minimum absolute atomic E-state index is 0. The van der Waals surface area contributed by atoms with E-state index in [1.165, 1.54) is 0 Å². The van der Waals surface area contributed by atoms with Gasteiger partial charge in [0, 0.05) is 38.0 Å². The van der Waals surface area contributed by atoms with Gasteiger partial charge < -0.3 is 25.4 Å². The molecule has 1 amide bonds. The maximum Gasteiger partial charge on any atom is 0.410 e. The first-order chi connectivity index (χ1) is 12.1. The molecule has 0 aromatic heterocycles. The van der Waals surface area contributed by atoms with E-state index in [0.29, 0.717) is 25.5 Å². The molecule has 0 saturated heterocycles. The Morgan fingerprint density at radius 2 is 1.96 bits per heavy atom. The number of nitrogens with two attached hydrogens (primary N) is 1. The number of carbonyl (C=O) groups is 1. The van der Waals surface area contributed by atoms with E-state index in [2.05, 4.69) is 10.3 Å². The van der Waals surface area contributed by atoms with Crippen molar-refractivity contribution in [1.29, 1.82) is 0 Å². The molecule has 1 aromatic carbocycles. The monoisotopic (exact) mass is 492 g/mol. The summed E-state index contributed by atoms with van der Waals surface area (Å²) < 4.78 is 10.5. The minimum Gasteiger partial charge on any atom is -0.444 e. The molecule has 154 valence electrons. The van der Waals surface area contributed by atoms with E-state index in [9.17, 15) is 4.79 Å². The molecule has 8 heteroatoms. The molecule has 0 saturated carbocycles. The topological polar surface area (TPSA) is 89.2 Å². The summed E-state index contributed by atoms with van der Waals surface area (Å²) in [5, 5.41) is 3.09. The van der Waals surface area contributed by atoms with Crippen molar-refractivity contribution in [3.8, 4) is 0 Å². The molecule has 1 atom stereocenters. The van der Waals surface area contributed by atoms with E-state index in [1.54, 1.807) is 19.1 Å². The highest BCUT2D eigenvalue weighted by Gasteiger charge is 2.22. The summed E-state index contributed by atoms with van der Waals surface area (Å²) in [5.74, 6) is 0.334. The van der Waals surface area contributed by atoms with Crippen LogP contribution in [0, 0.1) is 0 Å². The van der Waals surface area contributed by atoms with Gasteiger partial charge in [0.25, 0.3) is 0 Å². The van der Waals surface area contributed by atoms with Crippen LogP contribution in [-0.2, 0) is 16.1 Å². The molecular formula is C19H33IN4O3. The molecule has 3 N–H and O–H groups in total. The minimum atomic E-state index is -0.507. The SMILES string of the molecule is COCc1ccccc1NC(N)=NCCC(C)N(C)C(=O)OC(C)(C)C.I. The lowest BCUT2D eigenvalue weighted by molar-refractivity contribution is 0.0231. The van der Waals surface area contributed by atoms with Crippen molar-refractivity contribution in [2.45, 2.75) is 52.4 Å². The molecule has 0 aliphatic rings. The van der Waals surface area contributed by atoms with Gasteiger partial charge in [0.1, 0.15) is 5.60 Å². The number of guanidine groups is 1. The zero-order valence-corrected chi connectivity index (χ0v) is 19.4. The Balaban J connectivity index is 0.00000676. The number of ether oxygens (including phenoxy) is 2. The molecule has 0 fully saturated rings. The van der Waals surface area contributed by atoms with Gasteiger partial charge in [-0.1, -0.05) is 18.2 Å². The molecular weight excluding hydrogens is 459 g/mol. The molecule has 0 bridgehead atoms. The van der Waals surface area contributed by atoms with Crippen LogP contribution in [0.25, 0.3) is 0 Å². The van der Waals surface area contributed by atoms with E-state index in [1.807, 2.05) is 52.0 Å². The summed E-state index contributed by atoms with van der Waals surface area (Å²) in [6, 6.07) is 7.75. The molecule has 1 rings (SSSR count). The van der Waals surface area contributed by atoms with Crippen LogP contribution in [0.5, 0.6) is 0 Å². The fourth-order valence-electron chi connectivity index (χ4n) is 2.18. The second-order valence-electron chi connectivity index (χ2n) is 7.21. The van der Waals surface area contributed by atoms with E-state index in [0.717, 1.165) is 11.3 Å². The van der Waals surface area contributed by atoms with Crippen LogP contribution >= 0.6 is 24.0 Å². The third-order valence-electron chi connectivity index (χ3n) is 3.75. The predicted octanol–water partition coefficient (Wildman–Crippen LogP) is 3.82. The van der Waals surface area contributed by atoms with Gasteiger partial charge in [0.05, 0.1) is 6.61 Å². The van der Waals surface area contributed by atoms with Gasteiger partial charge in [-0.2, -0.15) is 0 Å². The molecule has 1 aromatic rings. The quantitative estimate of drug-likeness (QED) is 0.343. The van der Waals surface area contributed by atoms with Crippen LogP contribution in [-0.4, -0.2) is 49.3 Å². The van der Waals surface area contributed by atoms with Crippen LogP contribution in [0.3, 0.4) is 0 Å². The van der Waals surface area contributed by atoms with Crippen LogP contribution in [0.2, 0.25) is 0 Å². The Morgan fingerprint density at radius 3 is 2.56 bits per heavy atom. The smallest absolute Gasteiger partial charge is 0.410 e. The summed E-state index contributed by atoms with van der Waals surface area (Å²) in [4.78, 5) is 18.0. The first kappa shape index (κ1) is 25.4. The molecule has 7 nitrogen and oxygen atoms in total. The second kappa shape index (κ2) is 12.0. The number of rotatable bonds is 7. The predicted molar refractivity (Wildman–Crippen MR) is 121 cm³/mol. The summed E-state index contributed by atoms with van der Waals surface area (Å²) in [5.41, 5.74) is 7.34. The Hall–Kier alpha value is -1.55. The third kappa shape index (κ3) is 9.81. The van der Waals surface area contributed by atoms with Crippen LogP contribution in [0.15, 0.2) is 29.3 Å². The fourth-order valence-corrected chi connectivity index (χ4v) is 2.18. The van der Waals surface area contributed by atoms with Gasteiger partial charge >= 0.3 is 6.09 Å². The number of aliphatic imine (C=N–C) groups is 1. The van der Waals surface area contributed by atoms with Crippen molar-refractivity contribution in [2.75, 3.05) is 26.0 Å².